The van der Waals surface area contributed by atoms with E-state index in [-0.39, 0.29) is 24.3 Å². The standard InChI is InChI=1S/C28H25ClN4O3S/c1-17-6-8-18(9-7-17)23-15-24(19-10-12-20(29)13-11-19)33(32-23)28-31-27(35)25(37-28)16-26(34)30-21-4-3-5-22(14-21)36-2/h3-14,24-25H,15-16H2,1-2H3,(H,30,34)/t24-,25-/m0/s1. The number of carbonyl (C=O) groups excluding carboxylic acids is 2. The van der Waals surface area contributed by atoms with Gasteiger partial charge in [0.2, 0.25) is 5.91 Å². The van der Waals surface area contributed by atoms with Gasteiger partial charge in [-0.25, -0.2) is 5.01 Å². The van der Waals surface area contributed by atoms with Crippen LogP contribution in [0.1, 0.15) is 35.6 Å². The van der Waals surface area contributed by atoms with Crippen LogP contribution >= 0.6 is 23.4 Å². The Bertz CT molecular complexity index is 1390. The molecule has 0 aromatic heterocycles. The first kappa shape index (κ1) is 25.0. The van der Waals surface area contributed by atoms with Gasteiger partial charge in [-0.2, -0.15) is 10.1 Å². The zero-order chi connectivity index (χ0) is 25.9. The Morgan fingerprint density at radius 3 is 2.62 bits per heavy atom. The van der Waals surface area contributed by atoms with Crippen LogP contribution in [0.25, 0.3) is 0 Å². The van der Waals surface area contributed by atoms with Crippen molar-refractivity contribution in [1.29, 1.82) is 0 Å². The zero-order valence-corrected chi connectivity index (χ0v) is 21.9. The topological polar surface area (TPSA) is 83.4 Å². The molecule has 188 valence electrons. The minimum absolute atomic E-state index is 0.00168. The summed E-state index contributed by atoms with van der Waals surface area (Å²) in [6.45, 7) is 2.04. The summed E-state index contributed by atoms with van der Waals surface area (Å²) in [6.07, 6.45) is 0.654. The van der Waals surface area contributed by atoms with Gasteiger partial charge in [0, 0.05) is 29.6 Å². The van der Waals surface area contributed by atoms with Crippen LogP contribution in [0.15, 0.2) is 82.9 Å². The monoisotopic (exact) mass is 532 g/mol. The van der Waals surface area contributed by atoms with Gasteiger partial charge in [0.15, 0.2) is 5.17 Å². The maximum atomic E-state index is 12.8. The molecule has 0 spiro atoms. The van der Waals surface area contributed by atoms with Crippen LogP contribution in [0.2, 0.25) is 5.02 Å². The average molecular weight is 533 g/mol. The number of hydrogen-bond donors (Lipinski definition) is 1. The normalized spacial score (nSPS) is 19.0. The van der Waals surface area contributed by atoms with E-state index in [0.29, 0.717) is 28.0 Å². The summed E-state index contributed by atoms with van der Waals surface area (Å²) in [5.41, 5.74) is 4.73. The summed E-state index contributed by atoms with van der Waals surface area (Å²) < 4.78 is 5.20. The first-order valence-corrected chi connectivity index (χ1v) is 13.1. The maximum Gasteiger partial charge on any atom is 0.262 e. The molecule has 0 aliphatic carbocycles. The number of nitrogens with one attached hydrogen (secondary N) is 1. The van der Waals surface area contributed by atoms with E-state index in [0.717, 1.165) is 16.8 Å². The van der Waals surface area contributed by atoms with Crippen molar-refractivity contribution in [3.63, 3.8) is 0 Å². The average Bonchev–Trinajstić information content (AvgIpc) is 3.49. The fourth-order valence-electron chi connectivity index (χ4n) is 4.24. The number of thioether (sulfide) groups is 1. The van der Waals surface area contributed by atoms with Crippen LogP contribution in [0, 0.1) is 6.92 Å². The molecule has 7 nitrogen and oxygen atoms in total. The van der Waals surface area contributed by atoms with E-state index >= 15 is 0 Å². The highest BCUT2D eigenvalue weighted by molar-refractivity contribution is 8.15. The maximum absolute atomic E-state index is 12.8. The summed E-state index contributed by atoms with van der Waals surface area (Å²) >= 11 is 7.39. The van der Waals surface area contributed by atoms with Gasteiger partial charge in [-0.3, -0.25) is 9.59 Å². The van der Waals surface area contributed by atoms with E-state index in [1.54, 1.807) is 36.4 Å². The molecule has 0 saturated heterocycles. The second-order valence-corrected chi connectivity index (χ2v) is 10.5. The van der Waals surface area contributed by atoms with Crippen molar-refractivity contribution in [2.24, 2.45) is 10.1 Å². The van der Waals surface area contributed by atoms with Crippen molar-refractivity contribution in [2.75, 3.05) is 12.4 Å². The van der Waals surface area contributed by atoms with Gasteiger partial charge in [0.25, 0.3) is 5.91 Å². The lowest BCUT2D eigenvalue weighted by molar-refractivity contribution is -0.121. The van der Waals surface area contributed by atoms with Crippen molar-refractivity contribution >= 4 is 51.7 Å². The summed E-state index contributed by atoms with van der Waals surface area (Å²) in [5.74, 6) is 0.0314. The molecule has 2 aliphatic rings. The second-order valence-electron chi connectivity index (χ2n) is 8.85. The smallest absolute Gasteiger partial charge is 0.262 e. The summed E-state index contributed by atoms with van der Waals surface area (Å²) in [7, 11) is 1.57. The number of hydrogen-bond acceptors (Lipinski definition) is 6. The fraction of sp³-hybridized carbons (Fsp3) is 0.214. The number of methoxy groups -OCH3 is 1. The lowest BCUT2D eigenvalue weighted by Crippen LogP contribution is -2.25. The van der Waals surface area contributed by atoms with Crippen LogP contribution < -0.4 is 10.1 Å². The zero-order valence-electron chi connectivity index (χ0n) is 20.3. The Morgan fingerprint density at radius 1 is 1.14 bits per heavy atom. The van der Waals surface area contributed by atoms with Crippen LogP contribution in [-0.2, 0) is 9.59 Å². The van der Waals surface area contributed by atoms with E-state index in [2.05, 4.69) is 34.6 Å². The van der Waals surface area contributed by atoms with Gasteiger partial charge >= 0.3 is 0 Å². The minimum Gasteiger partial charge on any atom is -0.497 e. The van der Waals surface area contributed by atoms with E-state index in [1.807, 2.05) is 31.2 Å². The number of aliphatic imine (C=N–C) groups is 1. The van der Waals surface area contributed by atoms with Gasteiger partial charge < -0.3 is 10.1 Å². The molecule has 0 bridgehead atoms. The van der Waals surface area contributed by atoms with Gasteiger partial charge in [-0.15, -0.1) is 0 Å². The molecule has 0 fully saturated rings. The number of benzene rings is 3. The molecular weight excluding hydrogens is 508 g/mol. The van der Waals surface area contributed by atoms with Crippen LogP contribution in [0.4, 0.5) is 5.69 Å². The van der Waals surface area contributed by atoms with Crippen molar-refractivity contribution in [2.45, 2.75) is 31.1 Å². The highest BCUT2D eigenvalue weighted by atomic mass is 35.5. The minimum atomic E-state index is -0.620. The Morgan fingerprint density at radius 2 is 1.89 bits per heavy atom. The Balaban J connectivity index is 1.34. The molecule has 2 aliphatic heterocycles. The predicted octanol–water partition coefficient (Wildman–Crippen LogP) is 5.83. The number of hydrazone groups is 1. The van der Waals surface area contributed by atoms with E-state index in [1.165, 1.54) is 17.3 Å². The Labute approximate surface area is 224 Å². The second kappa shape index (κ2) is 10.8. The largest absolute Gasteiger partial charge is 0.497 e. The molecule has 1 N–H and O–H groups in total. The molecule has 5 rings (SSSR count). The third kappa shape index (κ3) is 5.70. The molecule has 3 aromatic carbocycles. The SMILES string of the molecule is COc1cccc(NC(=O)C[C@@H]2SC(N3N=C(c4ccc(C)cc4)C[C@H]3c3ccc(Cl)cc3)=NC2=O)c1. The Hall–Kier alpha value is -3.62. The molecule has 2 heterocycles. The first-order valence-electron chi connectivity index (χ1n) is 11.8. The number of amidine groups is 1. The highest BCUT2D eigenvalue weighted by Gasteiger charge is 2.39. The lowest BCUT2D eigenvalue weighted by Gasteiger charge is -2.23. The van der Waals surface area contributed by atoms with Gasteiger partial charge in [-0.05, 0) is 42.3 Å². The van der Waals surface area contributed by atoms with E-state index < -0.39 is 5.25 Å². The van der Waals surface area contributed by atoms with Crippen molar-refractivity contribution in [3.8, 4) is 5.75 Å². The van der Waals surface area contributed by atoms with Crippen molar-refractivity contribution < 1.29 is 14.3 Å². The molecule has 37 heavy (non-hydrogen) atoms. The predicted molar refractivity (Wildman–Crippen MR) is 148 cm³/mol. The molecule has 2 amide bonds. The summed E-state index contributed by atoms with van der Waals surface area (Å²) in [6, 6.07) is 22.8. The van der Waals surface area contributed by atoms with E-state index in [9.17, 15) is 9.59 Å². The summed E-state index contributed by atoms with van der Waals surface area (Å²) in [5, 5.41) is 10.0. The number of rotatable bonds is 6. The third-order valence-electron chi connectivity index (χ3n) is 6.20. The molecular formula is C28H25ClN4O3S. The number of aryl methyl sites for hydroxylation is 1. The lowest BCUT2D eigenvalue weighted by atomic mass is 9.98. The quantitative estimate of drug-likeness (QED) is 0.431. The first-order chi connectivity index (χ1) is 17.9. The highest BCUT2D eigenvalue weighted by Crippen LogP contribution is 2.39. The molecule has 2 atom stereocenters. The molecule has 9 heteroatoms. The van der Waals surface area contributed by atoms with Crippen LogP contribution in [-0.4, -0.2) is 40.1 Å². The molecule has 0 unspecified atom stereocenters. The number of halogens is 1. The summed E-state index contributed by atoms with van der Waals surface area (Å²) in [4.78, 5) is 29.8. The third-order valence-corrected chi connectivity index (χ3v) is 7.59. The number of carbonyl (C=O) groups is 2. The van der Waals surface area contributed by atoms with Gasteiger partial charge in [0.1, 0.15) is 11.0 Å². The Kier molecular flexibility index (Phi) is 7.30. The van der Waals surface area contributed by atoms with Gasteiger partial charge in [-0.1, -0.05) is 71.4 Å². The molecule has 3 aromatic rings. The van der Waals surface area contributed by atoms with Crippen LogP contribution in [0.3, 0.4) is 0 Å². The molecule has 0 radical (unpaired) electrons. The van der Waals surface area contributed by atoms with E-state index in [4.69, 9.17) is 21.4 Å². The number of amides is 2. The fourth-order valence-corrected chi connectivity index (χ4v) is 5.42. The number of nitrogens with zero attached hydrogens (tertiary/aromatic N) is 3. The van der Waals surface area contributed by atoms with Gasteiger partial charge in [0.05, 0.1) is 18.9 Å². The van der Waals surface area contributed by atoms with Crippen molar-refractivity contribution in [3.05, 3.63) is 94.5 Å². The number of anilines is 1. The van der Waals surface area contributed by atoms with Crippen molar-refractivity contribution in [1.82, 2.24) is 5.01 Å². The number of ether oxygens (including phenoxy) is 1. The molecule has 0 saturated carbocycles. The van der Waals surface area contributed by atoms with Crippen LogP contribution in [0.5, 0.6) is 5.75 Å².